The van der Waals surface area contributed by atoms with E-state index >= 15 is 0 Å². The van der Waals surface area contributed by atoms with Gasteiger partial charge >= 0.3 is 0 Å². The number of H-pyrrole nitrogens is 1. The van der Waals surface area contributed by atoms with Gasteiger partial charge in [-0.05, 0) is 38.3 Å². The number of hydrogen-bond donors (Lipinski definition) is 2. The quantitative estimate of drug-likeness (QED) is 0.912. The van der Waals surface area contributed by atoms with E-state index in [0.29, 0.717) is 12.8 Å². The molecule has 22 heavy (non-hydrogen) atoms. The molecule has 3 N–H and O–H groups in total. The number of hydrogen-bond acceptors (Lipinski definition) is 3. The number of rotatable bonds is 3. The van der Waals surface area contributed by atoms with Crippen LogP contribution in [0.25, 0.3) is 11.0 Å². The van der Waals surface area contributed by atoms with Crippen LogP contribution in [0, 0.1) is 6.92 Å². The van der Waals surface area contributed by atoms with Gasteiger partial charge in [-0.2, -0.15) is 0 Å². The van der Waals surface area contributed by atoms with Crippen LogP contribution in [0.2, 0.25) is 0 Å². The van der Waals surface area contributed by atoms with Gasteiger partial charge in [0.25, 0.3) is 0 Å². The van der Waals surface area contributed by atoms with Gasteiger partial charge in [0.15, 0.2) is 0 Å². The van der Waals surface area contributed by atoms with Gasteiger partial charge in [-0.3, -0.25) is 4.79 Å². The number of benzene rings is 1. The van der Waals surface area contributed by atoms with E-state index in [1.807, 2.05) is 17.0 Å². The van der Waals surface area contributed by atoms with Gasteiger partial charge < -0.3 is 15.6 Å². The summed E-state index contributed by atoms with van der Waals surface area (Å²) in [5.41, 5.74) is 9.16. The van der Waals surface area contributed by atoms with Crippen LogP contribution in [0.3, 0.4) is 0 Å². The van der Waals surface area contributed by atoms with Crippen LogP contribution in [-0.4, -0.2) is 39.4 Å². The van der Waals surface area contributed by atoms with Crippen molar-refractivity contribution in [2.24, 2.45) is 5.73 Å². The number of aryl methyl sites for hydroxylation is 2. The summed E-state index contributed by atoms with van der Waals surface area (Å²) in [6.07, 6.45) is 2.95. The summed E-state index contributed by atoms with van der Waals surface area (Å²) >= 11 is 0. The molecule has 3 rings (SSSR count). The molecule has 0 saturated carbocycles. The lowest BCUT2D eigenvalue weighted by molar-refractivity contribution is -0.134. The molecule has 0 radical (unpaired) electrons. The lowest BCUT2D eigenvalue weighted by atomic mass is 9.98. The van der Waals surface area contributed by atoms with Crippen molar-refractivity contribution >= 4 is 16.9 Å². The molecule has 0 spiro atoms. The SMILES string of the molecule is Cc1cccc2[nH]c(CCC(=O)N3CC[C@@H](N)C[C@H]3C)nc12. The molecular formula is C17H24N4O. The smallest absolute Gasteiger partial charge is 0.223 e. The molecule has 0 bridgehead atoms. The Hall–Kier alpha value is -1.88. The van der Waals surface area contributed by atoms with Gasteiger partial charge in [-0.1, -0.05) is 12.1 Å². The van der Waals surface area contributed by atoms with Crippen LogP contribution in [0.4, 0.5) is 0 Å². The molecule has 2 heterocycles. The van der Waals surface area contributed by atoms with Crippen LogP contribution in [0.1, 0.15) is 37.6 Å². The van der Waals surface area contributed by atoms with Gasteiger partial charge in [-0.15, -0.1) is 0 Å². The Bertz CT molecular complexity index is 678. The predicted octanol–water partition coefficient (Wildman–Crippen LogP) is 2.14. The van der Waals surface area contributed by atoms with E-state index in [1.165, 1.54) is 0 Å². The summed E-state index contributed by atoms with van der Waals surface area (Å²) in [6.45, 7) is 4.92. The molecule has 1 aliphatic heterocycles. The molecule has 0 aliphatic carbocycles. The molecule has 0 unspecified atom stereocenters. The lowest BCUT2D eigenvalue weighted by Gasteiger charge is -2.36. The first-order valence-electron chi connectivity index (χ1n) is 8.04. The predicted molar refractivity (Wildman–Crippen MR) is 87.5 cm³/mol. The van der Waals surface area contributed by atoms with Crippen molar-refractivity contribution in [2.45, 2.75) is 51.6 Å². The maximum atomic E-state index is 12.4. The van der Waals surface area contributed by atoms with Gasteiger partial charge in [0.2, 0.25) is 5.91 Å². The zero-order valence-electron chi connectivity index (χ0n) is 13.3. The number of nitrogens with zero attached hydrogens (tertiary/aromatic N) is 2. The molecule has 1 fully saturated rings. The van der Waals surface area contributed by atoms with Gasteiger partial charge in [0, 0.05) is 31.5 Å². The maximum absolute atomic E-state index is 12.4. The summed E-state index contributed by atoms with van der Waals surface area (Å²) in [5.74, 6) is 1.09. The molecule has 5 nitrogen and oxygen atoms in total. The number of para-hydroxylation sites is 1. The average Bonchev–Trinajstić information content (AvgIpc) is 2.89. The fraction of sp³-hybridized carbons (Fsp3) is 0.529. The first kappa shape index (κ1) is 15.0. The summed E-state index contributed by atoms with van der Waals surface area (Å²) in [6, 6.07) is 6.57. The van der Waals surface area contributed by atoms with Gasteiger partial charge in [0.1, 0.15) is 5.82 Å². The Balaban J connectivity index is 1.63. The summed E-state index contributed by atoms with van der Waals surface area (Å²) in [7, 11) is 0. The number of carbonyl (C=O) groups excluding carboxylic acids is 1. The zero-order valence-corrected chi connectivity index (χ0v) is 13.3. The number of imidazole rings is 1. The Kier molecular flexibility index (Phi) is 4.16. The van der Waals surface area contributed by atoms with Crippen molar-refractivity contribution in [2.75, 3.05) is 6.54 Å². The Labute approximate surface area is 130 Å². The van der Waals surface area contributed by atoms with E-state index in [0.717, 1.165) is 41.8 Å². The van der Waals surface area contributed by atoms with Crippen LogP contribution in [-0.2, 0) is 11.2 Å². The number of amides is 1. The molecule has 2 atom stereocenters. The third-order valence-electron chi connectivity index (χ3n) is 4.58. The van der Waals surface area contributed by atoms with Crippen LogP contribution >= 0.6 is 0 Å². The minimum Gasteiger partial charge on any atom is -0.342 e. The van der Waals surface area contributed by atoms with E-state index in [9.17, 15) is 4.79 Å². The van der Waals surface area contributed by atoms with Crippen LogP contribution in [0.5, 0.6) is 0 Å². The van der Waals surface area contributed by atoms with Gasteiger partial charge in [0.05, 0.1) is 11.0 Å². The van der Waals surface area contributed by atoms with E-state index in [2.05, 4.69) is 29.9 Å². The number of aromatic nitrogens is 2. The summed E-state index contributed by atoms with van der Waals surface area (Å²) in [5, 5.41) is 0. The summed E-state index contributed by atoms with van der Waals surface area (Å²) < 4.78 is 0. The fourth-order valence-corrected chi connectivity index (χ4v) is 3.29. The fourth-order valence-electron chi connectivity index (χ4n) is 3.29. The topological polar surface area (TPSA) is 75.0 Å². The van der Waals surface area contributed by atoms with Crippen molar-refractivity contribution in [1.82, 2.24) is 14.9 Å². The third-order valence-corrected chi connectivity index (χ3v) is 4.58. The van der Waals surface area contributed by atoms with E-state index < -0.39 is 0 Å². The highest BCUT2D eigenvalue weighted by molar-refractivity contribution is 5.79. The third kappa shape index (κ3) is 2.99. The summed E-state index contributed by atoms with van der Waals surface area (Å²) in [4.78, 5) is 22.3. The number of nitrogens with two attached hydrogens (primary N) is 1. The largest absolute Gasteiger partial charge is 0.342 e. The molecule has 1 aromatic heterocycles. The second kappa shape index (κ2) is 6.08. The lowest BCUT2D eigenvalue weighted by Crippen LogP contribution is -2.48. The van der Waals surface area contributed by atoms with Crippen molar-refractivity contribution < 1.29 is 4.79 Å². The normalized spacial score (nSPS) is 22.2. The van der Waals surface area contributed by atoms with E-state index in [1.54, 1.807) is 0 Å². The highest BCUT2D eigenvalue weighted by Crippen LogP contribution is 2.19. The monoisotopic (exact) mass is 300 g/mol. The number of nitrogens with one attached hydrogen (secondary N) is 1. The highest BCUT2D eigenvalue weighted by Gasteiger charge is 2.26. The maximum Gasteiger partial charge on any atom is 0.223 e. The molecule has 1 aliphatic rings. The van der Waals surface area contributed by atoms with Gasteiger partial charge in [-0.25, -0.2) is 4.98 Å². The number of likely N-dealkylation sites (tertiary alicyclic amines) is 1. The average molecular weight is 300 g/mol. The Morgan fingerprint density at radius 1 is 1.50 bits per heavy atom. The minimum atomic E-state index is 0.205. The van der Waals surface area contributed by atoms with Crippen molar-refractivity contribution in [3.8, 4) is 0 Å². The first-order valence-corrected chi connectivity index (χ1v) is 8.04. The highest BCUT2D eigenvalue weighted by atomic mass is 16.2. The number of fused-ring (bicyclic) bond motifs is 1. The molecule has 5 heteroatoms. The molecular weight excluding hydrogens is 276 g/mol. The first-order chi connectivity index (χ1) is 10.5. The number of carbonyl (C=O) groups is 1. The minimum absolute atomic E-state index is 0.205. The standard InChI is InChI=1S/C17H24N4O/c1-11-4-3-5-14-17(11)20-15(19-14)6-7-16(22)21-9-8-13(18)10-12(21)2/h3-5,12-13H,6-10,18H2,1-2H3,(H,19,20)/t12-,13-/m1/s1. The number of piperidine rings is 1. The van der Waals surface area contributed by atoms with Crippen molar-refractivity contribution in [3.05, 3.63) is 29.6 Å². The van der Waals surface area contributed by atoms with E-state index in [4.69, 9.17) is 5.73 Å². The van der Waals surface area contributed by atoms with Crippen LogP contribution < -0.4 is 5.73 Å². The Morgan fingerprint density at radius 2 is 2.32 bits per heavy atom. The second-order valence-electron chi connectivity index (χ2n) is 6.38. The molecule has 1 saturated heterocycles. The van der Waals surface area contributed by atoms with Crippen LogP contribution in [0.15, 0.2) is 18.2 Å². The van der Waals surface area contributed by atoms with Crippen molar-refractivity contribution in [3.63, 3.8) is 0 Å². The molecule has 2 aromatic rings. The number of aromatic amines is 1. The molecule has 118 valence electrons. The molecule has 1 amide bonds. The zero-order chi connectivity index (χ0) is 15.7. The van der Waals surface area contributed by atoms with Crippen molar-refractivity contribution in [1.29, 1.82) is 0 Å². The van der Waals surface area contributed by atoms with E-state index in [-0.39, 0.29) is 18.0 Å². The molecule has 1 aromatic carbocycles. The Morgan fingerprint density at radius 3 is 3.05 bits per heavy atom. The second-order valence-corrected chi connectivity index (χ2v) is 6.38.